The molecule has 0 aromatic heterocycles. The molecule has 0 aliphatic heterocycles. The fourth-order valence-electron chi connectivity index (χ4n) is 1.86. The van der Waals surface area contributed by atoms with Crippen LogP contribution in [0.4, 0.5) is 5.69 Å². The summed E-state index contributed by atoms with van der Waals surface area (Å²) in [7, 11) is 0. The number of carbonyl (C=O) groups is 2. The molecule has 1 amide bonds. The van der Waals surface area contributed by atoms with Gasteiger partial charge in [0, 0.05) is 14.8 Å². The number of ether oxygens (including phenoxy) is 1. The van der Waals surface area contributed by atoms with Crippen molar-refractivity contribution in [2.24, 2.45) is 0 Å². The third-order valence-electron chi connectivity index (χ3n) is 3.01. The Labute approximate surface area is 143 Å². The van der Waals surface area contributed by atoms with Crippen LogP contribution in [0.5, 0.6) is 5.75 Å². The van der Waals surface area contributed by atoms with E-state index in [9.17, 15) is 9.59 Å². The molecular formula is C17H16INO3. The van der Waals surface area contributed by atoms with E-state index in [1.165, 1.54) is 6.92 Å². The van der Waals surface area contributed by atoms with Gasteiger partial charge in [-0.15, -0.1) is 0 Å². The molecule has 0 bridgehead atoms. The van der Waals surface area contributed by atoms with Crippen molar-refractivity contribution in [1.82, 2.24) is 0 Å². The first-order chi connectivity index (χ1) is 10.5. The van der Waals surface area contributed by atoms with Crippen LogP contribution in [0.15, 0.2) is 48.5 Å². The highest BCUT2D eigenvalue weighted by atomic mass is 127. The second-order valence-corrected chi connectivity index (χ2v) is 6.09. The first kappa shape index (κ1) is 16.5. The molecule has 0 aliphatic rings. The van der Waals surface area contributed by atoms with Gasteiger partial charge in [0.1, 0.15) is 5.75 Å². The van der Waals surface area contributed by atoms with E-state index < -0.39 is 6.10 Å². The molecule has 2 aromatic carbocycles. The molecule has 0 saturated heterocycles. The Bertz CT molecular complexity index is 700. The predicted octanol–water partition coefficient (Wildman–Crippen LogP) is 3.90. The Hall–Kier alpha value is -1.89. The molecule has 0 fully saturated rings. The smallest absolute Gasteiger partial charge is 0.265 e. The zero-order chi connectivity index (χ0) is 16.1. The van der Waals surface area contributed by atoms with E-state index >= 15 is 0 Å². The molecule has 4 nitrogen and oxygen atoms in total. The van der Waals surface area contributed by atoms with Crippen LogP contribution >= 0.6 is 22.6 Å². The largest absolute Gasteiger partial charge is 0.481 e. The van der Waals surface area contributed by atoms with E-state index in [4.69, 9.17) is 4.74 Å². The van der Waals surface area contributed by atoms with Gasteiger partial charge in [0.15, 0.2) is 11.9 Å². The van der Waals surface area contributed by atoms with Gasteiger partial charge in [-0.1, -0.05) is 18.2 Å². The molecule has 1 atom stereocenters. The highest BCUT2D eigenvalue weighted by molar-refractivity contribution is 14.1. The molecule has 0 aliphatic carbocycles. The SMILES string of the molecule is CC(=O)c1cccc(O[C@H](C)C(=O)Nc2cccc(I)c2)c1. The second kappa shape index (κ2) is 7.40. The number of hydrogen-bond donors (Lipinski definition) is 1. The van der Waals surface area contributed by atoms with Crippen LogP contribution in [-0.2, 0) is 4.79 Å². The third-order valence-corrected chi connectivity index (χ3v) is 3.69. The maximum Gasteiger partial charge on any atom is 0.265 e. The molecule has 0 unspecified atom stereocenters. The molecule has 22 heavy (non-hydrogen) atoms. The van der Waals surface area contributed by atoms with Gasteiger partial charge in [-0.2, -0.15) is 0 Å². The van der Waals surface area contributed by atoms with E-state index in [0.717, 1.165) is 9.26 Å². The minimum atomic E-state index is -0.667. The summed E-state index contributed by atoms with van der Waals surface area (Å²) < 4.78 is 6.64. The Kier molecular flexibility index (Phi) is 5.54. The van der Waals surface area contributed by atoms with Gasteiger partial charge < -0.3 is 10.1 Å². The van der Waals surface area contributed by atoms with Crippen molar-refractivity contribution in [2.45, 2.75) is 20.0 Å². The maximum atomic E-state index is 12.1. The number of nitrogens with one attached hydrogen (secondary N) is 1. The van der Waals surface area contributed by atoms with Gasteiger partial charge in [-0.3, -0.25) is 9.59 Å². The zero-order valence-corrected chi connectivity index (χ0v) is 14.5. The van der Waals surface area contributed by atoms with Crippen LogP contribution < -0.4 is 10.1 Å². The summed E-state index contributed by atoms with van der Waals surface area (Å²) in [6.07, 6.45) is -0.667. The highest BCUT2D eigenvalue weighted by Crippen LogP contribution is 2.17. The van der Waals surface area contributed by atoms with Crippen LogP contribution in [0.3, 0.4) is 0 Å². The van der Waals surface area contributed by atoms with Crippen molar-refractivity contribution in [2.75, 3.05) is 5.32 Å². The van der Waals surface area contributed by atoms with Crippen LogP contribution in [0.2, 0.25) is 0 Å². The van der Waals surface area contributed by atoms with E-state index in [0.29, 0.717) is 11.3 Å². The molecule has 2 aromatic rings. The quantitative estimate of drug-likeness (QED) is 0.602. The molecule has 0 radical (unpaired) electrons. The Morgan fingerprint density at radius 2 is 1.86 bits per heavy atom. The number of carbonyl (C=O) groups excluding carboxylic acids is 2. The fraction of sp³-hybridized carbons (Fsp3) is 0.176. The first-order valence-corrected chi connectivity index (χ1v) is 7.87. The van der Waals surface area contributed by atoms with Gasteiger partial charge in [0.25, 0.3) is 5.91 Å². The van der Waals surface area contributed by atoms with Crippen molar-refractivity contribution < 1.29 is 14.3 Å². The van der Waals surface area contributed by atoms with E-state index in [2.05, 4.69) is 27.9 Å². The third kappa shape index (κ3) is 4.56. The lowest BCUT2D eigenvalue weighted by molar-refractivity contribution is -0.122. The van der Waals surface area contributed by atoms with Crippen molar-refractivity contribution in [3.63, 3.8) is 0 Å². The molecule has 0 saturated carbocycles. The Morgan fingerprint density at radius 3 is 2.55 bits per heavy atom. The highest BCUT2D eigenvalue weighted by Gasteiger charge is 2.15. The monoisotopic (exact) mass is 409 g/mol. The molecule has 2 rings (SSSR count). The number of amides is 1. The Balaban J connectivity index is 2.02. The number of rotatable bonds is 5. The van der Waals surface area contributed by atoms with Gasteiger partial charge >= 0.3 is 0 Å². The lowest BCUT2D eigenvalue weighted by atomic mass is 10.1. The topological polar surface area (TPSA) is 55.4 Å². The number of halogens is 1. The van der Waals surface area contributed by atoms with Gasteiger partial charge in [-0.05, 0) is 66.8 Å². The van der Waals surface area contributed by atoms with Crippen LogP contribution in [-0.4, -0.2) is 17.8 Å². The van der Waals surface area contributed by atoms with Gasteiger partial charge in [-0.25, -0.2) is 0 Å². The summed E-state index contributed by atoms with van der Waals surface area (Å²) in [5, 5.41) is 2.80. The van der Waals surface area contributed by atoms with E-state index in [-0.39, 0.29) is 11.7 Å². The van der Waals surface area contributed by atoms with Crippen molar-refractivity contribution in [3.8, 4) is 5.75 Å². The number of anilines is 1. The van der Waals surface area contributed by atoms with Crippen LogP contribution in [0.1, 0.15) is 24.2 Å². The normalized spacial score (nSPS) is 11.6. The minimum Gasteiger partial charge on any atom is -0.481 e. The number of Topliss-reactive ketones (excluding diaryl/α,β-unsaturated/α-hetero) is 1. The average Bonchev–Trinajstić information content (AvgIpc) is 2.47. The molecule has 114 valence electrons. The summed E-state index contributed by atoms with van der Waals surface area (Å²) in [6.45, 7) is 3.16. The van der Waals surface area contributed by atoms with Crippen LogP contribution in [0.25, 0.3) is 0 Å². The molecular weight excluding hydrogens is 393 g/mol. The fourth-order valence-corrected chi connectivity index (χ4v) is 2.40. The Morgan fingerprint density at radius 1 is 1.14 bits per heavy atom. The van der Waals surface area contributed by atoms with Crippen molar-refractivity contribution in [3.05, 3.63) is 57.7 Å². The average molecular weight is 409 g/mol. The zero-order valence-electron chi connectivity index (χ0n) is 12.3. The van der Waals surface area contributed by atoms with Gasteiger partial charge in [0.05, 0.1) is 0 Å². The lowest BCUT2D eigenvalue weighted by Gasteiger charge is -2.15. The standard InChI is InChI=1S/C17H16INO3/c1-11(20)13-5-3-8-16(9-13)22-12(2)17(21)19-15-7-4-6-14(18)10-15/h3-10,12H,1-2H3,(H,19,21)/t12-/m1/s1. The number of ketones is 1. The molecule has 0 heterocycles. The lowest BCUT2D eigenvalue weighted by Crippen LogP contribution is -2.30. The predicted molar refractivity (Wildman–Crippen MR) is 94.3 cm³/mol. The summed E-state index contributed by atoms with van der Waals surface area (Å²) >= 11 is 2.18. The number of hydrogen-bond acceptors (Lipinski definition) is 3. The molecule has 1 N–H and O–H groups in total. The second-order valence-electron chi connectivity index (χ2n) is 4.84. The summed E-state index contributed by atoms with van der Waals surface area (Å²) in [4.78, 5) is 23.5. The summed E-state index contributed by atoms with van der Waals surface area (Å²) in [5.74, 6) is 0.217. The van der Waals surface area contributed by atoms with Crippen molar-refractivity contribution in [1.29, 1.82) is 0 Å². The van der Waals surface area contributed by atoms with Gasteiger partial charge in [0.2, 0.25) is 0 Å². The summed E-state index contributed by atoms with van der Waals surface area (Å²) in [6, 6.07) is 14.3. The van der Waals surface area contributed by atoms with Crippen molar-refractivity contribution >= 4 is 40.0 Å². The van der Waals surface area contributed by atoms with E-state index in [1.54, 1.807) is 31.2 Å². The molecule has 5 heteroatoms. The minimum absolute atomic E-state index is 0.0404. The maximum absolute atomic E-state index is 12.1. The first-order valence-electron chi connectivity index (χ1n) is 6.80. The van der Waals surface area contributed by atoms with E-state index in [1.807, 2.05) is 24.3 Å². The van der Waals surface area contributed by atoms with Crippen LogP contribution in [0, 0.1) is 3.57 Å². The number of benzene rings is 2. The molecule has 0 spiro atoms. The summed E-state index contributed by atoms with van der Waals surface area (Å²) in [5.41, 5.74) is 1.28.